The summed E-state index contributed by atoms with van der Waals surface area (Å²) in [6.07, 6.45) is -3.72. The van der Waals surface area contributed by atoms with Crippen LogP contribution in [0.5, 0.6) is 0 Å². The van der Waals surface area contributed by atoms with Crippen LogP contribution in [0.1, 0.15) is 29.3 Å². The van der Waals surface area contributed by atoms with Gasteiger partial charge in [0.05, 0.1) is 17.2 Å². The molecule has 0 atom stereocenters. The number of rotatable bonds is 4. The third-order valence-electron chi connectivity index (χ3n) is 4.89. The average molecular weight is 471 g/mol. The number of halogens is 4. The molecular weight excluding hydrogens is 449 g/mol. The Bertz CT molecular complexity index is 970. The smallest absolute Gasteiger partial charge is 0.417 e. The van der Waals surface area contributed by atoms with Crippen molar-refractivity contribution in [1.29, 1.82) is 0 Å². The van der Waals surface area contributed by atoms with Crippen LogP contribution in [0.2, 0.25) is 5.02 Å². The molecule has 0 radical (unpaired) electrons. The van der Waals surface area contributed by atoms with Crippen LogP contribution in [0.3, 0.4) is 0 Å². The predicted octanol–water partition coefficient (Wildman–Crippen LogP) is 4.67. The van der Waals surface area contributed by atoms with E-state index < -0.39 is 17.8 Å². The van der Waals surface area contributed by atoms with Crippen LogP contribution in [0.4, 0.5) is 29.5 Å². The number of anilines is 2. The molecule has 11 heteroatoms. The van der Waals surface area contributed by atoms with E-state index in [1.807, 2.05) is 0 Å². The van der Waals surface area contributed by atoms with Gasteiger partial charge in [0.25, 0.3) is 5.91 Å². The molecule has 1 N–H and O–H groups in total. The monoisotopic (exact) mass is 470 g/mol. The maximum Gasteiger partial charge on any atom is 0.417 e. The fraction of sp³-hybridized carbons (Fsp3) is 0.381. The highest BCUT2D eigenvalue weighted by Crippen LogP contribution is 2.33. The zero-order valence-electron chi connectivity index (χ0n) is 17.3. The third kappa shape index (κ3) is 5.82. The second kappa shape index (κ2) is 10.1. The number of carbonyl (C=O) groups is 2. The summed E-state index contributed by atoms with van der Waals surface area (Å²) in [7, 11) is 0. The largest absolute Gasteiger partial charge is 0.450 e. The van der Waals surface area contributed by atoms with Gasteiger partial charge in [0.1, 0.15) is 5.82 Å². The molecule has 0 spiro atoms. The van der Waals surface area contributed by atoms with Crippen molar-refractivity contribution in [3.8, 4) is 0 Å². The first-order valence-electron chi connectivity index (χ1n) is 10.00. The number of amides is 2. The lowest BCUT2D eigenvalue weighted by atomic mass is 10.1. The van der Waals surface area contributed by atoms with Gasteiger partial charge in [-0.1, -0.05) is 11.6 Å². The van der Waals surface area contributed by atoms with Crippen molar-refractivity contribution in [3.63, 3.8) is 0 Å². The molecule has 1 fully saturated rings. The molecule has 32 heavy (non-hydrogen) atoms. The average Bonchev–Trinajstić information content (AvgIpc) is 2.99. The number of carbonyl (C=O) groups excluding carboxylic acids is 2. The van der Waals surface area contributed by atoms with E-state index in [2.05, 4.69) is 10.3 Å². The molecule has 2 aromatic rings. The molecule has 2 amide bonds. The minimum absolute atomic E-state index is 0.0794. The summed E-state index contributed by atoms with van der Waals surface area (Å²) in [6, 6.07) is 7.31. The normalized spacial score (nSPS) is 14.7. The van der Waals surface area contributed by atoms with E-state index in [1.54, 1.807) is 41.0 Å². The SMILES string of the molecule is CCOC(=O)Nc1ccc(C(=O)N2CCCN(c3ncc(C(F)(F)F)cc3Cl)CC2)cc1. The van der Waals surface area contributed by atoms with Gasteiger partial charge in [-0.05, 0) is 43.7 Å². The molecule has 7 nitrogen and oxygen atoms in total. The lowest BCUT2D eigenvalue weighted by molar-refractivity contribution is -0.137. The maximum absolute atomic E-state index is 12.9. The van der Waals surface area contributed by atoms with Crippen LogP contribution in [0.25, 0.3) is 0 Å². The second-order valence-corrected chi connectivity index (χ2v) is 7.49. The molecule has 172 valence electrons. The predicted molar refractivity (Wildman–Crippen MR) is 114 cm³/mol. The summed E-state index contributed by atoms with van der Waals surface area (Å²) < 4.78 is 43.4. The Morgan fingerprint density at radius 1 is 1.16 bits per heavy atom. The van der Waals surface area contributed by atoms with Gasteiger partial charge in [-0.2, -0.15) is 13.2 Å². The first-order chi connectivity index (χ1) is 15.2. The van der Waals surface area contributed by atoms with Crippen LogP contribution < -0.4 is 10.2 Å². The van der Waals surface area contributed by atoms with Crippen molar-refractivity contribution in [1.82, 2.24) is 9.88 Å². The fourth-order valence-electron chi connectivity index (χ4n) is 3.31. The van der Waals surface area contributed by atoms with Crippen molar-refractivity contribution < 1.29 is 27.5 Å². The van der Waals surface area contributed by atoms with Crippen molar-refractivity contribution >= 4 is 35.1 Å². The van der Waals surface area contributed by atoms with Crippen molar-refractivity contribution in [2.24, 2.45) is 0 Å². The number of hydrogen-bond donors (Lipinski definition) is 1. The van der Waals surface area contributed by atoms with Gasteiger partial charge in [0, 0.05) is 43.6 Å². The highest BCUT2D eigenvalue weighted by atomic mass is 35.5. The number of nitrogens with zero attached hydrogens (tertiary/aromatic N) is 3. The molecule has 0 bridgehead atoms. The Morgan fingerprint density at radius 3 is 2.50 bits per heavy atom. The highest BCUT2D eigenvalue weighted by Gasteiger charge is 2.32. The standard InChI is InChI=1S/C21H22ClF3N4O3/c1-2-32-20(31)27-16-6-4-14(5-7-16)19(30)29-9-3-8-28(10-11-29)18-17(22)12-15(13-26-18)21(23,24)25/h4-7,12-13H,2-3,8-11H2,1H3,(H,27,31). The van der Waals surface area contributed by atoms with Crippen molar-refractivity contribution in [2.75, 3.05) is 43.0 Å². The first kappa shape index (κ1) is 23.6. The second-order valence-electron chi connectivity index (χ2n) is 7.08. The fourth-order valence-corrected chi connectivity index (χ4v) is 3.60. The molecule has 2 heterocycles. The Hall–Kier alpha value is -3.01. The summed E-state index contributed by atoms with van der Waals surface area (Å²) in [5, 5.41) is 2.48. The van der Waals surface area contributed by atoms with Gasteiger partial charge in [-0.15, -0.1) is 0 Å². The van der Waals surface area contributed by atoms with Crippen LogP contribution in [-0.2, 0) is 10.9 Å². The number of ether oxygens (including phenoxy) is 1. The van der Waals surface area contributed by atoms with E-state index in [-0.39, 0.29) is 23.4 Å². The summed E-state index contributed by atoms with van der Waals surface area (Å²) in [5.74, 6) is 0.0874. The number of aromatic nitrogens is 1. The molecule has 3 rings (SSSR count). The lowest BCUT2D eigenvalue weighted by Crippen LogP contribution is -2.35. The molecular formula is C21H22ClF3N4O3. The highest BCUT2D eigenvalue weighted by molar-refractivity contribution is 6.33. The number of benzene rings is 1. The lowest BCUT2D eigenvalue weighted by Gasteiger charge is -2.24. The van der Waals surface area contributed by atoms with E-state index in [0.717, 1.165) is 12.3 Å². The number of alkyl halides is 3. The summed E-state index contributed by atoms with van der Waals surface area (Å²) >= 11 is 6.06. The van der Waals surface area contributed by atoms with Gasteiger partial charge in [0.2, 0.25) is 0 Å². The summed E-state index contributed by atoms with van der Waals surface area (Å²) in [6.45, 7) is 3.68. The van der Waals surface area contributed by atoms with Crippen LogP contribution in [0, 0.1) is 0 Å². The van der Waals surface area contributed by atoms with Gasteiger partial charge >= 0.3 is 12.3 Å². The molecule has 1 saturated heterocycles. The van der Waals surface area contributed by atoms with E-state index in [1.165, 1.54) is 0 Å². The van der Waals surface area contributed by atoms with Gasteiger partial charge < -0.3 is 14.5 Å². The third-order valence-corrected chi connectivity index (χ3v) is 5.16. The molecule has 1 aliphatic heterocycles. The van der Waals surface area contributed by atoms with E-state index >= 15 is 0 Å². The molecule has 1 aromatic carbocycles. The van der Waals surface area contributed by atoms with E-state index in [4.69, 9.17) is 16.3 Å². The molecule has 1 aliphatic rings. The first-order valence-corrected chi connectivity index (χ1v) is 10.4. The zero-order chi connectivity index (χ0) is 23.3. The van der Waals surface area contributed by atoms with Crippen LogP contribution >= 0.6 is 11.6 Å². The van der Waals surface area contributed by atoms with Gasteiger partial charge in [0.15, 0.2) is 0 Å². The number of pyridine rings is 1. The number of nitrogens with one attached hydrogen (secondary N) is 1. The molecule has 1 aromatic heterocycles. The Balaban J connectivity index is 1.64. The minimum Gasteiger partial charge on any atom is -0.450 e. The molecule has 0 unspecified atom stereocenters. The Morgan fingerprint density at radius 2 is 1.88 bits per heavy atom. The van der Waals surface area contributed by atoms with E-state index in [9.17, 15) is 22.8 Å². The summed E-state index contributed by atoms with van der Waals surface area (Å²) in [4.78, 5) is 31.7. The Kier molecular flexibility index (Phi) is 7.44. The Labute approximate surface area is 188 Å². The minimum atomic E-state index is -4.52. The topological polar surface area (TPSA) is 74.8 Å². The van der Waals surface area contributed by atoms with E-state index in [0.29, 0.717) is 43.9 Å². The van der Waals surface area contributed by atoms with Crippen molar-refractivity contribution in [2.45, 2.75) is 19.5 Å². The van der Waals surface area contributed by atoms with Gasteiger partial charge in [-0.3, -0.25) is 10.1 Å². The molecule has 0 aliphatic carbocycles. The van der Waals surface area contributed by atoms with Gasteiger partial charge in [-0.25, -0.2) is 9.78 Å². The number of hydrogen-bond acceptors (Lipinski definition) is 5. The zero-order valence-corrected chi connectivity index (χ0v) is 18.0. The van der Waals surface area contributed by atoms with Crippen molar-refractivity contribution in [3.05, 3.63) is 52.7 Å². The molecule has 0 saturated carbocycles. The maximum atomic E-state index is 12.9. The van der Waals surface area contributed by atoms with Crippen LogP contribution in [0.15, 0.2) is 36.5 Å². The quantitative estimate of drug-likeness (QED) is 0.702. The van der Waals surface area contributed by atoms with Crippen LogP contribution in [-0.4, -0.2) is 54.7 Å². The summed E-state index contributed by atoms with van der Waals surface area (Å²) in [5.41, 5.74) is 0.0578.